The maximum Gasteiger partial charge on any atom is 0.494 e. The van der Waals surface area contributed by atoms with Gasteiger partial charge in [0.15, 0.2) is 0 Å². The Labute approximate surface area is 135 Å². The molecule has 1 saturated heterocycles. The second-order valence-corrected chi connectivity index (χ2v) is 7.07. The van der Waals surface area contributed by atoms with Gasteiger partial charge in [-0.05, 0) is 51.7 Å². The summed E-state index contributed by atoms with van der Waals surface area (Å²) in [4.78, 5) is 0. The molecule has 0 aliphatic carbocycles. The number of unbranched alkanes of at least 4 members (excludes halogenated alkanes) is 3. The Kier molecular flexibility index (Phi) is 5.57. The van der Waals surface area contributed by atoms with Crippen molar-refractivity contribution in [2.24, 2.45) is 0 Å². The predicted octanol–water partition coefficient (Wildman–Crippen LogP) is 3.94. The number of benzene rings is 1. The summed E-state index contributed by atoms with van der Waals surface area (Å²) >= 11 is 0. The summed E-state index contributed by atoms with van der Waals surface area (Å²) in [6, 6.07) is 8.06. The van der Waals surface area contributed by atoms with Crippen LogP contribution in [0.15, 0.2) is 24.3 Å². The zero-order valence-electron chi connectivity index (χ0n) is 14.6. The Morgan fingerprint density at radius 3 is 2.05 bits per heavy atom. The van der Waals surface area contributed by atoms with Crippen molar-refractivity contribution in [3.8, 4) is 5.75 Å². The van der Waals surface area contributed by atoms with Crippen LogP contribution >= 0.6 is 0 Å². The summed E-state index contributed by atoms with van der Waals surface area (Å²) < 4.78 is 17.9. The van der Waals surface area contributed by atoms with Gasteiger partial charge in [-0.3, -0.25) is 0 Å². The minimum absolute atomic E-state index is 0.299. The molecule has 0 atom stereocenters. The molecule has 0 aromatic heterocycles. The zero-order chi connectivity index (χ0) is 16.2. The van der Waals surface area contributed by atoms with Gasteiger partial charge in [-0.15, -0.1) is 0 Å². The van der Waals surface area contributed by atoms with Crippen LogP contribution in [0.2, 0.25) is 0 Å². The van der Waals surface area contributed by atoms with Crippen molar-refractivity contribution in [1.29, 1.82) is 0 Å². The topological polar surface area (TPSA) is 27.7 Å². The molecule has 122 valence electrons. The molecule has 22 heavy (non-hydrogen) atoms. The second-order valence-electron chi connectivity index (χ2n) is 7.07. The summed E-state index contributed by atoms with van der Waals surface area (Å²) in [6.45, 7) is 11.3. The first-order valence-electron chi connectivity index (χ1n) is 8.44. The van der Waals surface area contributed by atoms with Crippen LogP contribution in [-0.2, 0) is 9.31 Å². The molecule has 0 spiro atoms. The van der Waals surface area contributed by atoms with Crippen molar-refractivity contribution >= 4 is 12.6 Å². The van der Waals surface area contributed by atoms with Gasteiger partial charge in [-0.2, -0.15) is 0 Å². The van der Waals surface area contributed by atoms with E-state index in [2.05, 4.69) is 34.6 Å². The van der Waals surface area contributed by atoms with Crippen molar-refractivity contribution in [2.45, 2.75) is 71.5 Å². The van der Waals surface area contributed by atoms with E-state index in [9.17, 15) is 0 Å². The first-order chi connectivity index (χ1) is 10.4. The first-order valence-corrected chi connectivity index (χ1v) is 8.44. The third kappa shape index (κ3) is 4.05. The van der Waals surface area contributed by atoms with Crippen LogP contribution in [-0.4, -0.2) is 24.9 Å². The van der Waals surface area contributed by atoms with Crippen molar-refractivity contribution < 1.29 is 14.0 Å². The highest BCUT2D eigenvalue weighted by Crippen LogP contribution is 2.36. The van der Waals surface area contributed by atoms with E-state index < -0.39 is 0 Å². The van der Waals surface area contributed by atoms with Gasteiger partial charge < -0.3 is 14.0 Å². The van der Waals surface area contributed by atoms with E-state index in [1.54, 1.807) is 0 Å². The van der Waals surface area contributed by atoms with E-state index in [0.717, 1.165) is 24.2 Å². The van der Waals surface area contributed by atoms with Crippen LogP contribution in [0.1, 0.15) is 60.3 Å². The average Bonchev–Trinajstić information content (AvgIpc) is 2.68. The minimum Gasteiger partial charge on any atom is -0.494 e. The largest absolute Gasteiger partial charge is 0.494 e. The van der Waals surface area contributed by atoms with E-state index >= 15 is 0 Å². The minimum atomic E-state index is -0.302. The third-order valence-corrected chi connectivity index (χ3v) is 4.67. The summed E-state index contributed by atoms with van der Waals surface area (Å²) in [5.41, 5.74) is 0.440. The lowest BCUT2D eigenvalue weighted by molar-refractivity contribution is 0.00578. The lowest BCUT2D eigenvalue weighted by Crippen LogP contribution is -2.41. The lowest BCUT2D eigenvalue weighted by atomic mass is 9.79. The fourth-order valence-corrected chi connectivity index (χ4v) is 2.42. The maximum absolute atomic E-state index is 6.05. The summed E-state index contributed by atoms with van der Waals surface area (Å²) in [6.07, 6.45) is 4.89. The molecule has 1 heterocycles. The van der Waals surface area contributed by atoms with Crippen molar-refractivity contribution in [2.75, 3.05) is 6.61 Å². The van der Waals surface area contributed by atoms with E-state index in [4.69, 9.17) is 14.0 Å². The zero-order valence-corrected chi connectivity index (χ0v) is 14.6. The van der Waals surface area contributed by atoms with Gasteiger partial charge in [0.2, 0.25) is 0 Å². The molecule has 1 fully saturated rings. The Hall–Kier alpha value is -0.995. The highest BCUT2D eigenvalue weighted by molar-refractivity contribution is 6.62. The van der Waals surface area contributed by atoms with Crippen LogP contribution in [0.5, 0.6) is 5.75 Å². The second kappa shape index (κ2) is 7.05. The smallest absolute Gasteiger partial charge is 0.494 e. The molecule has 1 aliphatic heterocycles. The van der Waals surface area contributed by atoms with Gasteiger partial charge in [-0.25, -0.2) is 0 Å². The first kappa shape index (κ1) is 17.4. The highest BCUT2D eigenvalue weighted by atomic mass is 16.7. The summed E-state index contributed by atoms with van der Waals surface area (Å²) in [5.74, 6) is 0.914. The number of rotatable bonds is 7. The number of hydrogen-bond donors (Lipinski definition) is 0. The normalized spacial score (nSPS) is 19.4. The van der Waals surface area contributed by atoms with Crippen LogP contribution in [0.3, 0.4) is 0 Å². The van der Waals surface area contributed by atoms with Crippen molar-refractivity contribution in [1.82, 2.24) is 0 Å². The molecule has 3 nitrogen and oxygen atoms in total. The molecular formula is C18H29BO3. The van der Waals surface area contributed by atoms with Gasteiger partial charge in [0.05, 0.1) is 17.8 Å². The summed E-state index contributed by atoms with van der Waals surface area (Å²) in [7, 11) is -0.302. The SMILES string of the molecule is CCCCCCOc1ccc(B2OC(C)(C)C(C)(C)O2)cc1. The fourth-order valence-electron chi connectivity index (χ4n) is 2.42. The number of ether oxygens (including phenoxy) is 1. The van der Waals surface area contributed by atoms with Crippen molar-refractivity contribution in [3.05, 3.63) is 24.3 Å². The van der Waals surface area contributed by atoms with Crippen molar-refractivity contribution in [3.63, 3.8) is 0 Å². The predicted molar refractivity (Wildman–Crippen MR) is 91.8 cm³/mol. The van der Waals surface area contributed by atoms with Gasteiger partial charge in [0.25, 0.3) is 0 Å². The fraction of sp³-hybridized carbons (Fsp3) is 0.667. The quantitative estimate of drug-likeness (QED) is 0.564. The van der Waals surface area contributed by atoms with E-state index in [-0.39, 0.29) is 18.3 Å². The van der Waals surface area contributed by atoms with Gasteiger partial charge in [-0.1, -0.05) is 38.3 Å². The molecule has 1 aromatic rings. The molecule has 0 amide bonds. The Balaban J connectivity index is 1.87. The van der Waals surface area contributed by atoms with E-state index in [0.29, 0.717) is 0 Å². The van der Waals surface area contributed by atoms with Gasteiger partial charge >= 0.3 is 7.12 Å². The molecule has 0 saturated carbocycles. The Morgan fingerprint density at radius 2 is 1.50 bits per heavy atom. The average molecular weight is 304 g/mol. The Bertz CT molecular complexity index is 452. The van der Waals surface area contributed by atoms with Gasteiger partial charge in [0, 0.05) is 0 Å². The van der Waals surface area contributed by atoms with Crippen LogP contribution in [0, 0.1) is 0 Å². The maximum atomic E-state index is 6.05. The lowest BCUT2D eigenvalue weighted by Gasteiger charge is -2.32. The Morgan fingerprint density at radius 1 is 0.909 bits per heavy atom. The monoisotopic (exact) mass is 304 g/mol. The molecular weight excluding hydrogens is 275 g/mol. The molecule has 0 N–H and O–H groups in total. The molecule has 2 rings (SSSR count). The van der Waals surface area contributed by atoms with Crippen LogP contribution < -0.4 is 10.2 Å². The molecule has 4 heteroatoms. The summed E-state index contributed by atoms with van der Waals surface area (Å²) in [5, 5.41) is 0. The van der Waals surface area contributed by atoms with E-state index in [1.165, 1.54) is 19.3 Å². The van der Waals surface area contributed by atoms with Gasteiger partial charge in [0.1, 0.15) is 5.75 Å². The standard InChI is InChI=1S/C18H29BO3/c1-6-7-8-9-14-20-16-12-10-15(11-13-16)19-21-17(2,3)18(4,5)22-19/h10-13H,6-9,14H2,1-5H3. The molecule has 1 aliphatic rings. The third-order valence-electron chi connectivity index (χ3n) is 4.67. The van der Waals surface area contributed by atoms with Crippen LogP contribution in [0.4, 0.5) is 0 Å². The molecule has 0 radical (unpaired) electrons. The molecule has 0 unspecified atom stereocenters. The number of hydrogen-bond acceptors (Lipinski definition) is 3. The molecule has 0 bridgehead atoms. The van der Waals surface area contributed by atoms with Crippen LogP contribution in [0.25, 0.3) is 0 Å². The molecule has 1 aromatic carbocycles. The highest BCUT2D eigenvalue weighted by Gasteiger charge is 2.51. The van der Waals surface area contributed by atoms with E-state index in [1.807, 2.05) is 24.3 Å².